The second-order valence-corrected chi connectivity index (χ2v) is 7.35. The van der Waals surface area contributed by atoms with Crippen molar-refractivity contribution in [3.05, 3.63) is 36.2 Å². The third kappa shape index (κ3) is 4.18. The molecule has 1 aromatic heterocycles. The van der Waals surface area contributed by atoms with Crippen LogP contribution in [0.1, 0.15) is 36.0 Å². The summed E-state index contributed by atoms with van der Waals surface area (Å²) in [5, 5.41) is 3.44. The number of benzene rings is 1. The normalized spacial score (nSPS) is 16.6. The Morgan fingerprint density at radius 1 is 1.25 bits per heavy atom. The number of fused-ring (bicyclic) bond motifs is 1. The molecule has 2 aliphatic heterocycles. The number of piperidine rings is 1. The Morgan fingerprint density at radius 3 is 2.79 bits per heavy atom. The van der Waals surface area contributed by atoms with E-state index in [9.17, 15) is 4.79 Å². The number of Topliss-reactive ketones (excluding diaryl/α,β-unsaturated/α-hetero) is 1. The quantitative estimate of drug-likeness (QED) is 0.737. The highest BCUT2D eigenvalue weighted by atomic mass is 16.5. The maximum absolute atomic E-state index is 11.6. The van der Waals surface area contributed by atoms with E-state index < -0.39 is 0 Å². The molecular formula is C21H26N4O3. The summed E-state index contributed by atoms with van der Waals surface area (Å²) in [6, 6.07) is 5.73. The molecule has 1 N–H and O–H groups in total. The Bertz CT molecular complexity index is 817. The van der Waals surface area contributed by atoms with Crippen LogP contribution in [-0.4, -0.2) is 49.1 Å². The smallest absolute Gasteiger partial charge is 0.225 e. The molecule has 1 aromatic carbocycles. The summed E-state index contributed by atoms with van der Waals surface area (Å²) in [7, 11) is 1.62. The van der Waals surface area contributed by atoms with E-state index in [0.717, 1.165) is 43.6 Å². The van der Waals surface area contributed by atoms with E-state index >= 15 is 0 Å². The summed E-state index contributed by atoms with van der Waals surface area (Å²) in [4.78, 5) is 22.6. The highest BCUT2D eigenvalue weighted by molar-refractivity contribution is 6.02. The van der Waals surface area contributed by atoms with Crippen molar-refractivity contribution < 1.29 is 14.3 Å². The van der Waals surface area contributed by atoms with E-state index in [0.29, 0.717) is 17.1 Å². The summed E-state index contributed by atoms with van der Waals surface area (Å²) in [6.07, 6.45) is 8.12. The van der Waals surface area contributed by atoms with Crippen LogP contribution in [0.4, 0.5) is 11.6 Å². The number of hydrogen-bond donors (Lipinski definition) is 1. The number of rotatable bonds is 7. The van der Waals surface area contributed by atoms with Gasteiger partial charge in [-0.25, -0.2) is 9.97 Å². The van der Waals surface area contributed by atoms with E-state index in [1.165, 1.54) is 19.3 Å². The first-order valence-electron chi connectivity index (χ1n) is 9.88. The fourth-order valence-corrected chi connectivity index (χ4v) is 3.83. The van der Waals surface area contributed by atoms with Crippen molar-refractivity contribution in [3.8, 4) is 11.5 Å². The Balaban J connectivity index is 1.17. The standard InChI is InChI=1S/C21H26N4O3/c1-27-17-12-23-21(24-13-17)25-9-6-15(7-10-25)3-2-8-22-16-4-5-18-19(26)14-28-20(18)11-16/h4-5,11-13,15,22H,2-3,6-10,14H2,1H3. The van der Waals surface area contributed by atoms with Crippen molar-refractivity contribution >= 4 is 17.4 Å². The second kappa shape index (κ2) is 8.46. The Morgan fingerprint density at radius 2 is 2.04 bits per heavy atom. The molecule has 0 bridgehead atoms. The van der Waals surface area contributed by atoms with E-state index in [4.69, 9.17) is 9.47 Å². The number of carbonyl (C=O) groups is 1. The van der Waals surface area contributed by atoms with Crippen LogP contribution in [0.15, 0.2) is 30.6 Å². The van der Waals surface area contributed by atoms with Gasteiger partial charge in [0.05, 0.1) is 25.1 Å². The summed E-state index contributed by atoms with van der Waals surface area (Å²) in [5.74, 6) is 2.99. The Hall–Kier alpha value is -2.83. The fourth-order valence-electron chi connectivity index (χ4n) is 3.83. The van der Waals surface area contributed by atoms with Crippen LogP contribution in [0, 0.1) is 5.92 Å². The molecule has 4 rings (SSSR count). The molecule has 0 amide bonds. The lowest BCUT2D eigenvalue weighted by atomic mass is 9.92. The molecule has 0 atom stereocenters. The molecule has 7 heteroatoms. The van der Waals surface area contributed by atoms with Gasteiger partial charge in [-0.1, -0.05) is 0 Å². The third-order valence-corrected chi connectivity index (χ3v) is 5.51. The number of ether oxygens (including phenoxy) is 2. The minimum atomic E-state index is 0.0629. The maximum Gasteiger partial charge on any atom is 0.225 e. The van der Waals surface area contributed by atoms with Gasteiger partial charge in [0.2, 0.25) is 11.7 Å². The molecule has 0 saturated carbocycles. The highest BCUT2D eigenvalue weighted by Crippen LogP contribution is 2.29. The average Bonchev–Trinajstić information content (AvgIpc) is 3.12. The third-order valence-electron chi connectivity index (χ3n) is 5.51. The minimum absolute atomic E-state index is 0.0629. The molecule has 1 fully saturated rings. The fraction of sp³-hybridized carbons (Fsp3) is 0.476. The van der Waals surface area contributed by atoms with Gasteiger partial charge in [0, 0.05) is 31.4 Å². The number of ketones is 1. The summed E-state index contributed by atoms with van der Waals surface area (Å²) in [6.45, 7) is 3.09. The first kappa shape index (κ1) is 18.5. The molecule has 3 heterocycles. The van der Waals surface area contributed by atoms with Gasteiger partial charge in [-0.15, -0.1) is 0 Å². The largest absolute Gasteiger partial charge is 0.494 e. The molecule has 7 nitrogen and oxygen atoms in total. The summed E-state index contributed by atoms with van der Waals surface area (Å²) in [5.41, 5.74) is 1.71. The van der Waals surface area contributed by atoms with Gasteiger partial charge in [0.25, 0.3) is 0 Å². The van der Waals surface area contributed by atoms with Gasteiger partial charge in [-0.05, 0) is 43.7 Å². The van der Waals surface area contributed by atoms with Crippen LogP contribution in [0.2, 0.25) is 0 Å². The Labute approximate surface area is 165 Å². The molecule has 1 saturated heterocycles. The lowest BCUT2D eigenvalue weighted by Crippen LogP contribution is -2.34. The van der Waals surface area contributed by atoms with Crippen LogP contribution in [0.25, 0.3) is 0 Å². The van der Waals surface area contributed by atoms with Crippen molar-refractivity contribution in [2.45, 2.75) is 25.7 Å². The van der Waals surface area contributed by atoms with Crippen LogP contribution in [-0.2, 0) is 0 Å². The van der Waals surface area contributed by atoms with E-state index in [1.54, 1.807) is 19.5 Å². The Kier molecular flexibility index (Phi) is 5.60. The van der Waals surface area contributed by atoms with Crippen molar-refractivity contribution in [1.82, 2.24) is 9.97 Å². The van der Waals surface area contributed by atoms with E-state index in [-0.39, 0.29) is 12.4 Å². The van der Waals surface area contributed by atoms with Crippen LogP contribution >= 0.6 is 0 Å². The molecule has 2 aromatic rings. The molecule has 148 valence electrons. The molecule has 28 heavy (non-hydrogen) atoms. The lowest BCUT2D eigenvalue weighted by molar-refractivity contribution is 0.0961. The van der Waals surface area contributed by atoms with Crippen molar-refractivity contribution in [3.63, 3.8) is 0 Å². The van der Waals surface area contributed by atoms with Gasteiger partial charge < -0.3 is 19.7 Å². The number of anilines is 2. The first-order chi connectivity index (χ1) is 13.7. The zero-order valence-electron chi connectivity index (χ0n) is 16.2. The number of aromatic nitrogens is 2. The predicted molar refractivity (Wildman–Crippen MR) is 108 cm³/mol. The van der Waals surface area contributed by atoms with Crippen LogP contribution in [0.5, 0.6) is 11.5 Å². The topological polar surface area (TPSA) is 76.6 Å². The van der Waals surface area contributed by atoms with Crippen molar-refractivity contribution in [2.75, 3.05) is 43.6 Å². The maximum atomic E-state index is 11.6. The molecule has 0 aliphatic carbocycles. The van der Waals surface area contributed by atoms with E-state index in [1.807, 2.05) is 18.2 Å². The number of nitrogens with zero attached hydrogens (tertiary/aromatic N) is 3. The van der Waals surface area contributed by atoms with Crippen LogP contribution < -0.4 is 19.7 Å². The molecule has 0 unspecified atom stereocenters. The summed E-state index contributed by atoms with van der Waals surface area (Å²) >= 11 is 0. The number of hydrogen-bond acceptors (Lipinski definition) is 7. The highest BCUT2D eigenvalue weighted by Gasteiger charge is 2.22. The van der Waals surface area contributed by atoms with Gasteiger partial charge >= 0.3 is 0 Å². The first-order valence-corrected chi connectivity index (χ1v) is 9.88. The van der Waals surface area contributed by atoms with Crippen molar-refractivity contribution in [2.24, 2.45) is 5.92 Å². The number of methoxy groups -OCH3 is 1. The lowest BCUT2D eigenvalue weighted by Gasteiger charge is -2.32. The number of nitrogens with one attached hydrogen (secondary N) is 1. The minimum Gasteiger partial charge on any atom is -0.494 e. The predicted octanol–water partition coefficient (Wildman–Crippen LogP) is 3.17. The number of carbonyl (C=O) groups excluding carboxylic acids is 1. The molecule has 0 spiro atoms. The zero-order valence-corrected chi connectivity index (χ0v) is 16.2. The molecular weight excluding hydrogens is 356 g/mol. The van der Waals surface area contributed by atoms with Gasteiger partial charge in [-0.2, -0.15) is 0 Å². The van der Waals surface area contributed by atoms with Crippen molar-refractivity contribution in [1.29, 1.82) is 0 Å². The van der Waals surface area contributed by atoms with Gasteiger partial charge in [-0.3, -0.25) is 4.79 Å². The SMILES string of the molecule is COc1cnc(N2CCC(CCCNc3ccc4c(c3)OCC4=O)CC2)nc1. The van der Waals surface area contributed by atoms with Gasteiger partial charge in [0.1, 0.15) is 5.75 Å². The molecule has 0 radical (unpaired) electrons. The summed E-state index contributed by atoms with van der Waals surface area (Å²) < 4.78 is 10.5. The zero-order chi connectivity index (χ0) is 19.3. The monoisotopic (exact) mass is 382 g/mol. The average molecular weight is 382 g/mol. The second-order valence-electron chi connectivity index (χ2n) is 7.35. The van der Waals surface area contributed by atoms with Crippen LogP contribution in [0.3, 0.4) is 0 Å². The van der Waals surface area contributed by atoms with Gasteiger partial charge in [0.15, 0.2) is 12.4 Å². The molecule has 2 aliphatic rings. The van der Waals surface area contributed by atoms with E-state index in [2.05, 4.69) is 20.2 Å².